The lowest BCUT2D eigenvalue weighted by Crippen LogP contribution is -2.49. The highest BCUT2D eigenvalue weighted by Gasteiger charge is 2.31. The molecule has 0 saturated carbocycles. The predicted octanol–water partition coefficient (Wildman–Crippen LogP) is 3.85. The molecule has 2 heterocycles. The number of piperazine rings is 1. The monoisotopic (exact) mass is 476 g/mol. The highest BCUT2D eigenvalue weighted by molar-refractivity contribution is 7.89. The largest absolute Gasteiger partial charge is 0.494 e. The second-order valence-electron chi connectivity index (χ2n) is 7.17. The Kier molecular flexibility index (Phi) is 6.59. The number of rotatable bonds is 6. The molecule has 3 aromatic rings. The standard InChI is InChI=1S/C22H22ClFN4O3S/c1-2-31-18-6-3-16(4-7-18)20-9-10-25-22(26-20)27-11-13-28(14-12-27)32(29,30)21-8-5-17(24)15-19(21)23/h3-10,15H,2,11-14H2,1H3. The van der Waals surface area contributed by atoms with E-state index >= 15 is 0 Å². The van der Waals surface area contributed by atoms with Crippen LogP contribution in [-0.4, -0.2) is 55.5 Å². The van der Waals surface area contributed by atoms with Crippen molar-refractivity contribution >= 4 is 27.6 Å². The van der Waals surface area contributed by atoms with Crippen molar-refractivity contribution in [3.05, 3.63) is 65.6 Å². The zero-order valence-corrected chi connectivity index (χ0v) is 19.0. The minimum atomic E-state index is -3.82. The summed E-state index contributed by atoms with van der Waals surface area (Å²) in [6, 6.07) is 12.8. The first-order chi connectivity index (χ1) is 15.4. The van der Waals surface area contributed by atoms with Gasteiger partial charge in [-0.1, -0.05) is 11.6 Å². The van der Waals surface area contributed by atoms with Crippen LogP contribution < -0.4 is 9.64 Å². The number of hydrogen-bond donors (Lipinski definition) is 0. The van der Waals surface area contributed by atoms with Gasteiger partial charge in [0, 0.05) is 37.9 Å². The van der Waals surface area contributed by atoms with Gasteiger partial charge in [-0.05, 0) is 55.5 Å². The number of halogens is 2. The number of benzene rings is 2. The normalized spacial score (nSPS) is 15.0. The van der Waals surface area contributed by atoms with Crippen LogP contribution in [0.25, 0.3) is 11.3 Å². The molecule has 1 saturated heterocycles. The fourth-order valence-electron chi connectivity index (χ4n) is 3.50. The molecule has 0 aliphatic carbocycles. The Morgan fingerprint density at radius 3 is 2.44 bits per heavy atom. The Morgan fingerprint density at radius 1 is 1.06 bits per heavy atom. The fraction of sp³-hybridized carbons (Fsp3) is 0.273. The minimum Gasteiger partial charge on any atom is -0.494 e. The van der Waals surface area contributed by atoms with E-state index in [0.717, 1.165) is 29.1 Å². The summed E-state index contributed by atoms with van der Waals surface area (Å²) in [6.07, 6.45) is 1.69. The smallest absolute Gasteiger partial charge is 0.244 e. The Labute approximate surface area is 191 Å². The average molecular weight is 477 g/mol. The van der Waals surface area contributed by atoms with Gasteiger partial charge in [0.2, 0.25) is 16.0 Å². The van der Waals surface area contributed by atoms with Crippen LogP contribution >= 0.6 is 11.6 Å². The first-order valence-electron chi connectivity index (χ1n) is 10.1. The van der Waals surface area contributed by atoms with Crippen LogP contribution in [0.3, 0.4) is 0 Å². The highest BCUT2D eigenvalue weighted by Crippen LogP contribution is 2.27. The number of nitrogens with zero attached hydrogens (tertiary/aromatic N) is 4. The van der Waals surface area contributed by atoms with Crippen LogP contribution in [-0.2, 0) is 10.0 Å². The number of aromatic nitrogens is 2. The molecule has 2 aromatic carbocycles. The lowest BCUT2D eigenvalue weighted by atomic mass is 10.1. The van der Waals surface area contributed by atoms with Crippen molar-refractivity contribution in [1.82, 2.24) is 14.3 Å². The SMILES string of the molecule is CCOc1ccc(-c2ccnc(N3CCN(S(=O)(=O)c4ccc(F)cc4Cl)CC3)n2)cc1. The van der Waals surface area contributed by atoms with Gasteiger partial charge in [-0.15, -0.1) is 0 Å². The van der Waals surface area contributed by atoms with Crippen LogP contribution in [0.1, 0.15) is 6.92 Å². The summed E-state index contributed by atoms with van der Waals surface area (Å²) in [5.41, 5.74) is 1.70. The lowest BCUT2D eigenvalue weighted by Gasteiger charge is -2.34. The van der Waals surface area contributed by atoms with Gasteiger partial charge in [0.1, 0.15) is 16.5 Å². The Hall–Kier alpha value is -2.75. The number of ether oxygens (including phenoxy) is 1. The molecule has 0 bridgehead atoms. The van der Waals surface area contributed by atoms with Crippen molar-refractivity contribution in [1.29, 1.82) is 0 Å². The molecule has 0 unspecified atom stereocenters. The predicted molar refractivity (Wildman–Crippen MR) is 121 cm³/mol. The van der Waals surface area contributed by atoms with Crippen molar-refractivity contribution in [2.45, 2.75) is 11.8 Å². The van der Waals surface area contributed by atoms with E-state index in [2.05, 4.69) is 9.97 Å². The third-order valence-electron chi connectivity index (χ3n) is 5.14. The Bertz CT molecular complexity index is 1200. The molecular formula is C22H22ClFN4O3S. The molecule has 4 rings (SSSR count). The number of hydrogen-bond acceptors (Lipinski definition) is 6. The van der Waals surface area contributed by atoms with E-state index in [1.165, 1.54) is 10.4 Å². The number of anilines is 1. The molecule has 168 valence electrons. The summed E-state index contributed by atoms with van der Waals surface area (Å²) in [4.78, 5) is 10.9. The van der Waals surface area contributed by atoms with E-state index in [0.29, 0.717) is 25.6 Å². The van der Waals surface area contributed by atoms with Gasteiger partial charge in [-0.3, -0.25) is 0 Å². The summed E-state index contributed by atoms with van der Waals surface area (Å²) in [6.45, 7) is 3.87. The average Bonchev–Trinajstić information content (AvgIpc) is 2.80. The maximum Gasteiger partial charge on any atom is 0.244 e. The van der Waals surface area contributed by atoms with E-state index in [1.807, 2.05) is 42.2 Å². The molecular weight excluding hydrogens is 455 g/mol. The molecule has 0 spiro atoms. The topological polar surface area (TPSA) is 75.6 Å². The molecule has 0 amide bonds. The third-order valence-corrected chi connectivity index (χ3v) is 7.52. The molecule has 10 heteroatoms. The van der Waals surface area contributed by atoms with E-state index in [4.69, 9.17) is 16.3 Å². The molecule has 1 aromatic heterocycles. The van der Waals surface area contributed by atoms with Gasteiger partial charge in [-0.25, -0.2) is 22.8 Å². The van der Waals surface area contributed by atoms with Crippen LogP contribution in [0.4, 0.5) is 10.3 Å². The molecule has 32 heavy (non-hydrogen) atoms. The van der Waals surface area contributed by atoms with E-state index in [9.17, 15) is 12.8 Å². The maximum atomic E-state index is 13.3. The van der Waals surface area contributed by atoms with Gasteiger partial charge < -0.3 is 9.64 Å². The number of sulfonamides is 1. The third kappa shape index (κ3) is 4.69. The first-order valence-corrected chi connectivity index (χ1v) is 12.0. The van der Waals surface area contributed by atoms with Crippen LogP contribution in [0.5, 0.6) is 5.75 Å². The summed E-state index contributed by atoms with van der Waals surface area (Å²) >= 11 is 5.98. The molecule has 1 aliphatic heterocycles. The van der Waals surface area contributed by atoms with Gasteiger partial charge in [0.05, 0.1) is 17.3 Å². The lowest BCUT2D eigenvalue weighted by molar-refractivity contribution is 0.340. The summed E-state index contributed by atoms with van der Waals surface area (Å²) in [7, 11) is -3.82. The van der Waals surface area contributed by atoms with Crippen molar-refractivity contribution in [2.24, 2.45) is 0 Å². The van der Waals surface area contributed by atoms with Crippen molar-refractivity contribution < 1.29 is 17.5 Å². The van der Waals surface area contributed by atoms with Gasteiger partial charge in [0.15, 0.2) is 0 Å². The first kappa shape index (κ1) is 22.4. The van der Waals surface area contributed by atoms with Gasteiger partial charge in [-0.2, -0.15) is 4.31 Å². The second-order valence-corrected chi connectivity index (χ2v) is 9.48. The van der Waals surface area contributed by atoms with E-state index in [1.54, 1.807) is 6.20 Å². The minimum absolute atomic E-state index is 0.0947. The van der Waals surface area contributed by atoms with Crippen molar-refractivity contribution in [3.8, 4) is 17.0 Å². The van der Waals surface area contributed by atoms with Crippen LogP contribution in [0, 0.1) is 5.82 Å². The van der Waals surface area contributed by atoms with Gasteiger partial charge >= 0.3 is 0 Å². The van der Waals surface area contributed by atoms with Gasteiger partial charge in [0.25, 0.3) is 0 Å². The Balaban J connectivity index is 1.47. The fourth-order valence-corrected chi connectivity index (χ4v) is 5.43. The molecule has 1 fully saturated rings. The van der Waals surface area contributed by atoms with Crippen LogP contribution in [0.15, 0.2) is 59.6 Å². The summed E-state index contributed by atoms with van der Waals surface area (Å²) < 4.78 is 46.0. The molecule has 0 radical (unpaired) electrons. The van der Waals surface area contributed by atoms with E-state index in [-0.39, 0.29) is 23.0 Å². The molecule has 1 aliphatic rings. The van der Waals surface area contributed by atoms with E-state index < -0.39 is 15.8 Å². The molecule has 7 nitrogen and oxygen atoms in total. The summed E-state index contributed by atoms with van der Waals surface area (Å²) in [5, 5.41) is -0.126. The molecule has 0 N–H and O–H groups in total. The summed E-state index contributed by atoms with van der Waals surface area (Å²) in [5.74, 6) is 0.751. The molecule has 0 atom stereocenters. The highest BCUT2D eigenvalue weighted by atomic mass is 35.5. The van der Waals surface area contributed by atoms with Crippen molar-refractivity contribution in [2.75, 3.05) is 37.7 Å². The maximum absolute atomic E-state index is 13.3. The van der Waals surface area contributed by atoms with Crippen LogP contribution in [0.2, 0.25) is 5.02 Å². The van der Waals surface area contributed by atoms with Crippen molar-refractivity contribution in [3.63, 3.8) is 0 Å². The quantitative estimate of drug-likeness (QED) is 0.538. The second kappa shape index (κ2) is 9.40. The zero-order chi connectivity index (χ0) is 22.7. The Morgan fingerprint density at radius 2 is 1.78 bits per heavy atom. The zero-order valence-electron chi connectivity index (χ0n) is 17.4.